The Hall–Kier alpha value is -2.82. The van der Waals surface area contributed by atoms with Gasteiger partial charge in [0.1, 0.15) is 12.4 Å². The van der Waals surface area contributed by atoms with Crippen LogP contribution < -0.4 is 9.64 Å². The minimum atomic E-state index is 0.0699. The lowest BCUT2D eigenvalue weighted by Gasteiger charge is -2.36. The molecule has 2 atom stereocenters. The highest BCUT2D eigenvalue weighted by Gasteiger charge is 2.44. The average Bonchev–Trinajstić information content (AvgIpc) is 3.11. The summed E-state index contributed by atoms with van der Waals surface area (Å²) in [6.45, 7) is 4.51. The van der Waals surface area contributed by atoms with Crippen LogP contribution in [-0.4, -0.2) is 37.0 Å². The zero-order valence-electron chi connectivity index (χ0n) is 18.4. The summed E-state index contributed by atoms with van der Waals surface area (Å²) >= 11 is 5.95. The van der Waals surface area contributed by atoms with Crippen molar-refractivity contribution in [3.05, 3.63) is 94.0 Å². The fourth-order valence-electron chi connectivity index (χ4n) is 4.98. The summed E-state index contributed by atoms with van der Waals surface area (Å²) in [6, 6.07) is 21.8. The van der Waals surface area contributed by atoms with E-state index in [2.05, 4.69) is 37.1 Å². The number of anilines is 1. The van der Waals surface area contributed by atoms with Gasteiger partial charge in [0.05, 0.1) is 0 Å². The largest absolute Gasteiger partial charge is 0.489 e. The van der Waals surface area contributed by atoms with Gasteiger partial charge in [0, 0.05) is 34.8 Å². The first-order valence-electron chi connectivity index (χ1n) is 11.1. The molecule has 2 aliphatic rings. The number of carbonyl (C=O) groups is 1. The third-order valence-corrected chi connectivity index (χ3v) is 6.82. The van der Waals surface area contributed by atoms with E-state index in [0.29, 0.717) is 23.1 Å². The molecule has 0 unspecified atom stereocenters. The first-order chi connectivity index (χ1) is 15.5. The predicted molar refractivity (Wildman–Crippen MR) is 129 cm³/mol. The Morgan fingerprint density at radius 1 is 1.09 bits per heavy atom. The summed E-state index contributed by atoms with van der Waals surface area (Å²) in [7, 11) is 2.17. The molecule has 0 saturated carbocycles. The van der Waals surface area contributed by atoms with Gasteiger partial charge in [0.2, 0.25) is 0 Å². The number of likely N-dealkylation sites (tertiary alicyclic amines) is 1. The van der Waals surface area contributed by atoms with Crippen LogP contribution in [0.1, 0.15) is 39.4 Å². The number of benzene rings is 3. The lowest BCUT2D eigenvalue weighted by Crippen LogP contribution is -2.47. The Kier molecular flexibility index (Phi) is 5.66. The number of hydrogen-bond acceptors (Lipinski definition) is 3. The second-order valence-corrected chi connectivity index (χ2v) is 9.34. The number of likely N-dealkylation sites (N-methyl/N-ethyl adjacent to an activating group) is 1. The van der Waals surface area contributed by atoms with Gasteiger partial charge in [0.15, 0.2) is 0 Å². The molecule has 164 valence electrons. The molecule has 0 radical (unpaired) electrons. The number of amides is 1. The van der Waals surface area contributed by atoms with Gasteiger partial charge in [-0.2, -0.15) is 0 Å². The molecule has 0 aliphatic carbocycles. The Balaban J connectivity index is 1.40. The molecular weight excluding hydrogens is 420 g/mol. The maximum absolute atomic E-state index is 13.8. The predicted octanol–water partition coefficient (Wildman–Crippen LogP) is 5.68. The highest BCUT2D eigenvalue weighted by atomic mass is 35.5. The third-order valence-electron chi connectivity index (χ3n) is 6.56. The van der Waals surface area contributed by atoms with E-state index in [9.17, 15) is 4.79 Å². The van der Waals surface area contributed by atoms with E-state index in [-0.39, 0.29) is 11.9 Å². The van der Waals surface area contributed by atoms with Crippen LogP contribution in [0.15, 0.2) is 66.7 Å². The van der Waals surface area contributed by atoms with Crippen LogP contribution in [0, 0.1) is 6.92 Å². The lowest BCUT2D eigenvalue weighted by atomic mass is 9.88. The number of hydrogen-bond donors (Lipinski definition) is 0. The number of nitrogens with zero attached hydrogens (tertiary/aromatic N) is 2. The van der Waals surface area contributed by atoms with Crippen LogP contribution in [0.3, 0.4) is 0 Å². The number of halogens is 1. The lowest BCUT2D eigenvalue weighted by molar-refractivity contribution is 0.0964. The van der Waals surface area contributed by atoms with Crippen LogP contribution in [0.25, 0.3) is 0 Å². The fraction of sp³-hybridized carbons (Fsp3) is 0.296. The summed E-state index contributed by atoms with van der Waals surface area (Å²) < 4.78 is 5.89. The van der Waals surface area contributed by atoms with Crippen LogP contribution in [-0.2, 0) is 6.61 Å². The van der Waals surface area contributed by atoms with Gasteiger partial charge in [-0.1, -0.05) is 41.4 Å². The SMILES string of the molecule is Cc1ccc2c(c1)[C@H]1CN(C)CC[C@@H]1N2C(=O)c1cccc(COc2ccc(Cl)cc2)c1. The molecule has 2 aliphatic heterocycles. The minimum Gasteiger partial charge on any atom is -0.489 e. The quantitative estimate of drug-likeness (QED) is 0.517. The Morgan fingerprint density at radius 2 is 1.91 bits per heavy atom. The van der Waals surface area contributed by atoms with Crippen LogP contribution in [0.5, 0.6) is 5.75 Å². The Bertz CT molecular complexity index is 1140. The number of ether oxygens (including phenoxy) is 1. The molecule has 1 fully saturated rings. The van der Waals surface area contributed by atoms with Crippen molar-refractivity contribution < 1.29 is 9.53 Å². The summed E-state index contributed by atoms with van der Waals surface area (Å²) in [5.74, 6) is 1.19. The zero-order valence-corrected chi connectivity index (χ0v) is 19.2. The standard InChI is InChI=1S/C27H27ClN2O2/c1-18-6-11-25-23(14-18)24-16-29(2)13-12-26(24)30(25)27(31)20-5-3-4-19(15-20)17-32-22-9-7-21(28)8-10-22/h3-11,14-15,24,26H,12-13,16-17H2,1-2H3/t24-,26+/m1/s1. The summed E-state index contributed by atoms with van der Waals surface area (Å²) in [5, 5.41) is 0.679. The number of rotatable bonds is 4. The molecule has 4 nitrogen and oxygen atoms in total. The van der Waals surface area contributed by atoms with Crippen molar-refractivity contribution >= 4 is 23.2 Å². The first kappa shape index (κ1) is 21.0. The van der Waals surface area contributed by atoms with Gasteiger partial charge in [-0.15, -0.1) is 0 Å². The van der Waals surface area contributed by atoms with E-state index in [0.717, 1.165) is 36.5 Å². The molecule has 0 bridgehead atoms. The van der Waals surface area contributed by atoms with Crippen LogP contribution in [0.2, 0.25) is 5.02 Å². The monoisotopic (exact) mass is 446 g/mol. The van der Waals surface area contributed by atoms with Gasteiger partial charge < -0.3 is 14.5 Å². The number of aryl methyl sites for hydroxylation is 1. The van der Waals surface area contributed by atoms with Gasteiger partial charge >= 0.3 is 0 Å². The van der Waals surface area contributed by atoms with Gasteiger partial charge in [-0.3, -0.25) is 4.79 Å². The van der Waals surface area contributed by atoms with Crippen LogP contribution >= 0.6 is 11.6 Å². The maximum atomic E-state index is 13.8. The van der Waals surface area contributed by atoms with Crippen molar-refractivity contribution in [3.8, 4) is 5.75 Å². The highest BCUT2D eigenvalue weighted by molar-refractivity contribution is 6.30. The van der Waals surface area contributed by atoms with Crippen molar-refractivity contribution in [3.63, 3.8) is 0 Å². The molecule has 3 aromatic carbocycles. The summed E-state index contributed by atoms with van der Waals surface area (Å²) in [4.78, 5) is 18.2. The van der Waals surface area contributed by atoms with Crippen molar-refractivity contribution in [1.29, 1.82) is 0 Å². The van der Waals surface area contributed by atoms with Crippen molar-refractivity contribution in [2.45, 2.75) is 31.9 Å². The maximum Gasteiger partial charge on any atom is 0.258 e. The zero-order chi connectivity index (χ0) is 22.2. The summed E-state index contributed by atoms with van der Waals surface area (Å²) in [5.41, 5.74) is 5.28. The smallest absolute Gasteiger partial charge is 0.258 e. The van der Waals surface area contributed by atoms with E-state index in [1.54, 1.807) is 12.1 Å². The third kappa shape index (κ3) is 4.01. The Morgan fingerprint density at radius 3 is 2.72 bits per heavy atom. The molecule has 32 heavy (non-hydrogen) atoms. The highest BCUT2D eigenvalue weighted by Crippen LogP contribution is 2.45. The molecule has 5 rings (SSSR count). The van der Waals surface area contributed by atoms with Gasteiger partial charge in [-0.05, 0) is 80.5 Å². The van der Waals surface area contributed by atoms with Gasteiger partial charge in [0.25, 0.3) is 5.91 Å². The molecule has 5 heteroatoms. The number of fused-ring (bicyclic) bond motifs is 3. The minimum absolute atomic E-state index is 0.0699. The molecule has 0 aromatic heterocycles. The van der Waals surface area contributed by atoms with Crippen molar-refractivity contribution in [2.24, 2.45) is 0 Å². The molecule has 2 heterocycles. The molecule has 0 N–H and O–H groups in total. The van der Waals surface area contributed by atoms with E-state index >= 15 is 0 Å². The van der Waals surface area contributed by atoms with E-state index < -0.39 is 0 Å². The van der Waals surface area contributed by atoms with Gasteiger partial charge in [-0.25, -0.2) is 0 Å². The van der Waals surface area contributed by atoms with E-state index in [1.807, 2.05) is 41.3 Å². The van der Waals surface area contributed by atoms with Crippen LogP contribution in [0.4, 0.5) is 5.69 Å². The number of carbonyl (C=O) groups excluding carboxylic acids is 1. The molecule has 3 aromatic rings. The fourth-order valence-corrected chi connectivity index (χ4v) is 5.10. The van der Waals surface area contributed by atoms with Crippen molar-refractivity contribution in [2.75, 3.05) is 25.0 Å². The molecule has 1 saturated heterocycles. The first-order valence-corrected chi connectivity index (χ1v) is 11.5. The number of piperidine rings is 1. The second-order valence-electron chi connectivity index (χ2n) is 8.91. The molecular formula is C27H27ClN2O2. The molecule has 1 amide bonds. The Labute approximate surface area is 194 Å². The van der Waals surface area contributed by atoms with E-state index in [1.165, 1.54) is 11.1 Å². The molecule has 0 spiro atoms. The normalized spacial score (nSPS) is 20.0. The van der Waals surface area contributed by atoms with Crippen molar-refractivity contribution in [1.82, 2.24) is 4.90 Å². The average molecular weight is 447 g/mol. The second kappa shape index (κ2) is 8.61. The topological polar surface area (TPSA) is 32.8 Å². The van der Waals surface area contributed by atoms with E-state index in [4.69, 9.17) is 16.3 Å². The summed E-state index contributed by atoms with van der Waals surface area (Å²) in [6.07, 6.45) is 0.986.